The van der Waals surface area contributed by atoms with Crippen LogP contribution in [-0.2, 0) is 0 Å². The topological polar surface area (TPSA) is 69.6 Å². The van der Waals surface area contributed by atoms with Gasteiger partial charge in [-0.2, -0.15) is 0 Å². The summed E-state index contributed by atoms with van der Waals surface area (Å²) in [7, 11) is 0. The lowest BCUT2D eigenvalue weighted by atomic mass is 10.0. The number of halogens is 1. The Hall–Kier alpha value is -0.290. The summed E-state index contributed by atoms with van der Waals surface area (Å²) in [4.78, 5) is 8.56. The SMILES string of the molecule is BrCC1CCCNC1.O=C(O)O. The summed E-state index contributed by atoms with van der Waals surface area (Å²) in [6.45, 7) is 2.44. The molecule has 3 N–H and O–H groups in total. The minimum Gasteiger partial charge on any atom is -0.450 e. The van der Waals surface area contributed by atoms with Crippen molar-refractivity contribution in [3.63, 3.8) is 0 Å². The molecular formula is C7H14BrNO3. The van der Waals surface area contributed by atoms with Crippen LogP contribution < -0.4 is 5.32 Å². The van der Waals surface area contributed by atoms with Gasteiger partial charge in [0.2, 0.25) is 0 Å². The van der Waals surface area contributed by atoms with Crippen LogP contribution in [0.15, 0.2) is 0 Å². The zero-order valence-electron chi connectivity index (χ0n) is 6.79. The van der Waals surface area contributed by atoms with Gasteiger partial charge in [-0.1, -0.05) is 15.9 Å². The predicted octanol–water partition coefficient (Wildman–Crippen LogP) is 1.60. The smallest absolute Gasteiger partial charge is 0.450 e. The van der Waals surface area contributed by atoms with Crippen LogP contribution in [0, 0.1) is 5.92 Å². The molecule has 1 rings (SSSR count). The van der Waals surface area contributed by atoms with Crippen molar-refractivity contribution in [1.82, 2.24) is 5.32 Å². The van der Waals surface area contributed by atoms with Crippen LogP contribution in [0.1, 0.15) is 12.8 Å². The van der Waals surface area contributed by atoms with Crippen molar-refractivity contribution >= 4 is 22.1 Å². The molecule has 0 aromatic heterocycles. The third-order valence-electron chi connectivity index (χ3n) is 1.62. The number of hydrogen-bond donors (Lipinski definition) is 3. The maximum atomic E-state index is 8.56. The van der Waals surface area contributed by atoms with E-state index in [0.29, 0.717) is 0 Å². The molecule has 0 amide bonds. The molecule has 1 aliphatic rings. The molecule has 1 fully saturated rings. The highest BCUT2D eigenvalue weighted by Gasteiger charge is 2.09. The number of alkyl halides is 1. The van der Waals surface area contributed by atoms with E-state index in [0.717, 1.165) is 5.92 Å². The van der Waals surface area contributed by atoms with Crippen molar-refractivity contribution in [2.75, 3.05) is 18.4 Å². The van der Waals surface area contributed by atoms with Crippen molar-refractivity contribution in [3.05, 3.63) is 0 Å². The van der Waals surface area contributed by atoms with Crippen LogP contribution in [0.5, 0.6) is 0 Å². The highest BCUT2D eigenvalue weighted by Crippen LogP contribution is 2.11. The molecule has 0 radical (unpaired) electrons. The Kier molecular flexibility index (Phi) is 7.19. The van der Waals surface area contributed by atoms with E-state index in [-0.39, 0.29) is 0 Å². The van der Waals surface area contributed by atoms with Crippen molar-refractivity contribution in [2.24, 2.45) is 5.92 Å². The Labute approximate surface area is 80.1 Å². The second-order valence-corrected chi connectivity index (χ2v) is 3.30. The molecule has 1 atom stereocenters. The maximum Gasteiger partial charge on any atom is 0.503 e. The van der Waals surface area contributed by atoms with Crippen LogP contribution in [0.3, 0.4) is 0 Å². The lowest BCUT2D eigenvalue weighted by molar-refractivity contribution is 0.137. The normalized spacial score (nSPS) is 22.2. The summed E-state index contributed by atoms with van der Waals surface area (Å²) in [5.41, 5.74) is 0. The molecule has 5 heteroatoms. The summed E-state index contributed by atoms with van der Waals surface area (Å²) in [5.74, 6) is 0.892. The molecule has 0 aliphatic carbocycles. The first-order valence-electron chi connectivity index (χ1n) is 3.85. The van der Waals surface area contributed by atoms with Crippen molar-refractivity contribution in [3.8, 4) is 0 Å². The molecule has 12 heavy (non-hydrogen) atoms. The molecule has 4 nitrogen and oxygen atoms in total. The van der Waals surface area contributed by atoms with Crippen molar-refractivity contribution in [2.45, 2.75) is 12.8 Å². The molecular weight excluding hydrogens is 226 g/mol. The fourth-order valence-electron chi connectivity index (χ4n) is 1.06. The number of carboxylic acid groups (broad SMARTS) is 2. The van der Waals surface area contributed by atoms with Gasteiger partial charge in [-0.25, -0.2) is 4.79 Å². The number of piperidine rings is 1. The molecule has 0 aromatic rings. The number of rotatable bonds is 1. The summed E-state index contributed by atoms with van der Waals surface area (Å²) in [5, 5.41) is 18.5. The van der Waals surface area contributed by atoms with Gasteiger partial charge >= 0.3 is 6.16 Å². The van der Waals surface area contributed by atoms with E-state index in [4.69, 9.17) is 15.0 Å². The highest BCUT2D eigenvalue weighted by molar-refractivity contribution is 9.09. The molecule has 0 aromatic carbocycles. The van der Waals surface area contributed by atoms with Gasteiger partial charge in [0.05, 0.1) is 0 Å². The molecule has 0 spiro atoms. The first-order valence-corrected chi connectivity index (χ1v) is 4.97. The summed E-state index contributed by atoms with van der Waals surface area (Å²) < 4.78 is 0. The molecule has 72 valence electrons. The van der Waals surface area contributed by atoms with Crippen LogP contribution in [-0.4, -0.2) is 34.8 Å². The van der Waals surface area contributed by atoms with Crippen molar-refractivity contribution < 1.29 is 15.0 Å². The Morgan fingerprint density at radius 1 is 1.58 bits per heavy atom. The molecule has 1 saturated heterocycles. The first kappa shape index (κ1) is 11.7. The van der Waals surface area contributed by atoms with E-state index in [1.807, 2.05) is 0 Å². The van der Waals surface area contributed by atoms with E-state index in [9.17, 15) is 0 Å². The van der Waals surface area contributed by atoms with E-state index >= 15 is 0 Å². The highest BCUT2D eigenvalue weighted by atomic mass is 79.9. The summed E-state index contributed by atoms with van der Waals surface area (Å²) in [6, 6.07) is 0. The Bertz CT molecular complexity index is 122. The van der Waals surface area contributed by atoms with Gasteiger partial charge in [0, 0.05) is 5.33 Å². The number of nitrogens with one attached hydrogen (secondary N) is 1. The summed E-state index contributed by atoms with van der Waals surface area (Å²) >= 11 is 3.47. The van der Waals surface area contributed by atoms with E-state index in [2.05, 4.69) is 21.2 Å². The van der Waals surface area contributed by atoms with E-state index in [1.54, 1.807) is 0 Å². The molecule has 1 aliphatic heterocycles. The minimum atomic E-state index is -1.83. The quantitative estimate of drug-likeness (QED) is 0.609. The van der Waals surface area contributed by atoms with Crippen LogP contribution in [0.4, 0.5) is 4.79 Å². The van der Waals surface area contributed by atoms with Crippen LogP contribution in [0.25, 0.3) is 0 Å². The van der Waals surface area contributed by atoms with Gasteiger partial charge < -0.3 is 15.5 Å². The van der Waals surface area contributed by atoms with Gasteiger partial charge in [0.1, 0.15) is 0 Å². The first-order chi connectivity index (χ1) is 5.66. The van der Waals surface area contributed by atoms with E-state index in [1.165, 1.54) is 31.3 Å². The van der Waals surface area contributed by atoms with Crippen LogP contribution in [0.2, 0.25) is 0 Å². The van der Waals surface area contributed by atoms with Gasteiger partial charge in [-0.15, -0.1) is 0 Å². The third kappa shape index (κ3) is 7.81. The number of carbonyl (C=O) groups is 1. The monoisotopic (exact) mass is 239 g/mol. The van der Waals surface area contributed by atoms with E-state index < -0.39 is 6.16 Å². The van der Waals surface area contributed by atoms with Gasteiger partial charge in [0.15, 0.2) is 0 Å². The van der Waals surface area contributed by atoms with Crippen LogP contribution >= 0.6 is 15.9 Å². The largest absolute Gasteiger partial charge is 0.503 e. The van der Waals surface area contributed by atoms with Gasteiger partial charge in [-0.3, -0.25) is 0 Å². The standard InChI is InChI=1S/C6H12BrN.CH2O3/c7-4-6-2-1-3-8-5-6;2-1(3)4/h6,8H,1-5H2;(H2,2,3,4). The van der Waals surface area contributed by atoms with Crippen molar-refractivity contribution in [1.29, 1.82) is 0 Å². The van der Waals surface area contributed by atoms with Gasteiger partial charge in [-0.05, 0) is 31.8 Å². The number of hydrogen-bond acceptors (Lipinski definition) is 2. The third-order valence-corrected chi connectivity index (χ3v) is 2.53. The minimum absolute atomic E-state index is 0.892. The second-order valence-electron chi connectivity index (χ2n) is 2.65. The summed E-state index contributed by atoms with van der Waals surface area (Å²) in [6.07, 6.45) is 0.925. The molecule has 0 saturated carbocycles. The Morgan fingerprint density at radius 3 is 2.42 bits per heavy atom. The van der Waals surface area contributed by atoms with Gasteiger partial charge in [0.25, 0.3) is 0 Å². The lowest BCUT2D eigenvalue weighted by Gasteiger charge is -2.19. The average Bonchev–Trinajstić information content (AvgIpc) is 2.05. The molecule has 1 heterocycles. The Morgan fingerprint density at radius 2 is 2.17 bits per heavy atom. The average molecular weight is 240 g/mol. The predicted molar refractivity (Wildman–Crippen MR) is 50.0 cm³/mol. The zero-order valence-corrected chi connectivity index (χ0v) is 8.38. The zero-order chi connectivity index (χ0) is 9.40. The molecule has 1 unspecified atom stereocenters. The Balaban J connectivity index is 0.000000261. The maximum absolute atomic E-state index is 8.56. The second kappa shape index (κ2) is 7.36. The fraction of sp³-hybridized carbons (Fsp3) is 0.857. The fourth-order valence-corrected chi connectivity index (χ4v) is 1.61. The molecule has 0 bridgehead atoms. The lowest BCUT2D eigenvalue weighted by Crippen LogP contribution is -2.30.